The molecule has 29 heavy (non-hydrogen) atoms. The smallest absolute Gasteiger partial charge is 0.177 e. The topological polar surface area (TPSA) is 79.3 Å². The number of piperidine rings is 2. The molecule has 2 saturated heterocycles. The largest absolute Gasteiger partial charge is 0.357 e. The number of pyridine rings is 1. The first kappa shape index (κ1) is 20.1. The lowest BCUT2D eigenvalue weighted by Crippen LogP contribution is -2.41. The van der Waals surface area contributed by atoms with Crippen LogP contribution < -0.4 is 9.80 Å². The monoisotopic (exact) mass is 415 g/mol. The first-order valence-electron chi connectivity index (χ1n) is 10.3. The van der Waals surface area contributed by atoms with E-state index in [1.165, 1.54) is 38.1 Å². The van der Waals surface area contributed by atoms with Gasteiger partial charge in [-0.2, -0.15) is 0 Å². The van der Waals surface area contributed by atoms with Gasteiger partial charge in [-0.05, 0) is 56.6 Å². The number of aryl methyl sites for hydroxylation is 1. The number of nitrogens with zero attached hydrogens (tertiary/aromatic N) is 5. The Morgan fingerprint density at radius 1 is 0.862 bits per heavy atom. The minimum atomic E-state index is -3.19. The number of rotatable bonds is 4. The minimum Gasteiger partial charge on any atom is -0.357 e. The lowest BCUT2D eigenvalue weighted by Gasteiger charge is -2.40. The van der Waals surface area contributed by atoms with E-state index in [1.54, 1.807) is 12.3 Å². The summed E-state index contributed by atoms with van der Waals surface area (Å²) in [6.45, 7) is 6.06. The summed E-state index contributed by atoms with van der Waals surface area (Å²) >= 11 is 0. The number of anilines is 2. The second kappa shape index (κ2) is 8.26. The third-order valence-corrected chi connectivity index (χ3v) is 7.38. The van der Waals surface area contributed by atoms with Crippen molar-refractivity contribution in [2.75, 3.05) is 42.2 Å². The zero-order valence-corrected chi connectivity index (χ0v) is 18.0. The Hall–Kier alpha value is -2.22. The van der Waals surface area contributed by atoms with Crippen molar-refractivity contribution in [3.8, 4) is 0 Å². The van der Waals surface area contributed by atoms with Gasteiger partial charge >= 0.3 is 0 Å². The van der Waals surface area contributed by atoms with Crippen molar-refractivity contribution in [1.82, 2.24) is 15.0 Å². The normalized spacial score (nSPS) is 19.5. The molecule has 0 N–H and O–H groups in total. The Labute approximate surface area is 173 Å². The molecule has 2 fully saturated rings. The molecule has 2 aromatic rings. The Morgan fingerprint density at radius 2 is 1.45 bits per heavy atom. The van der Waals surface area contributed by atoms with Crippen LogP contribution in [0.25, 0.3) is 0 Å². The molecule has 0 radical (unpaired) electrons. The molecule has 0 bridgehead atoms. The van der Waals surface area contributed by atoms with Crippen LogP contribution in [-0.4, -0.2) is 55.8 Å². The fourth-order valence-corrected chi connectivity index (χ4v) is 5.14. The third-order valence-electron chi connectivity index (χ3n) is 6.29. The summed E-state index contributed by atoms with van der Waals surface area (Å²) in [7, 11) is -3.19. The molecule has 0 atom stereocenters. The average molecular weight is 416 g/mol. The highest BCUT2D eigenvalue weighted by Gasteiger charge is 2.30. The summed E-state index contributed by atoms with van der Waals surface area (Å²) in [4.78, 5) is 18.2. The minimum absolute atomic E-state index is 0.279. The maximum absolute atomic E-state index is 11.6. The first-order chi connectivity index (χ1) is 13.9. The zero-order valence-electron chi connectivity index (χ0n) is 17.2. The van der Waals surface area contributed by atoms with Crippen LogP contribution in [-0.2, 0) is 9.84 Å². The summed E-state index contributed by atoms with van der Waals surface area (Å²) < 4.78 is 23.2. The molecule has 7 nitrogen and oxygen atoms in total. The molecule has 0 aromatic carbocycles. The summed E-state index contributed by atoms with van der Waals surface area (Å²) in [6, 6.07) is 3.49. The first-order valence-corrected chi connectivity index (χ1v) is 12.2. The molecule has 0 unspecified atom stereocenters. The highest BCUT2D eigenvalue weighted by atomic mass is 32.2. The quantitative estimate of drug-likeness (QED) is 0.759. The van der Waals surface area contributed by atoms with Crippen molar-refractivity contribution >= 4 is 21.5 Å². The van der Waals surface area contributed by atoms with E-state index in [0.29, 0.717) is 0 Å². The molecule has 0 amide bonds. The van der Waals surface area contributed by atoms with Gasteiger partial charge in [0, 0.05) is 44.8 Å². The molecule has 4 heterocycles. The Balaban J connectivity index is 1.29. The van der Waals surface area contributed by atoms with Crippen molar-refractivity contribution < 1.29 is 8.42 Å². The van der Waals surface area contributed by atoms with Gasteiger partial charge in [0.15, 0.2) is 9.84 Å². The average Bonchev–Trinajstić information content (AvgIpc) is 2.74. The number of hydrogen-bond donors (Lipinski definition) is 0. The number of hydrogen-bond acceptors (Lipinski definition) is 7. The van der Waals surface area contributed by atoms with Crippen molar-refractivity contribution in [3.05, 3.63) is 36.4 Å². The van der Waals surface area contributed by atoms with Crippen LogP contribution in [0.1, 0.15) is 31.4 Å². The number of aromatic nitrogens is 3. The van der Waals surface area contributed by atoms with Crippen molar-refractivity contribution in [2.45, 2.75) is 37.5 Å². The summed E-state index contributed by atoms with van der Waals surface area (Å²) in [5.41, 5.74) is 0.968. The molecular weight excluding hydrogens is 386 g/mol. The van der Waals surface area contributed by atoms with Gasteiger partial charge in [0.05, 0.1) is 16.8 Å². The summed E-state index contributed by atoms with van der Waals surface area (Å²) in [5, 5.41) is 0. The molecule has 4 rings (SSSR count). The fourth-order valence-electron chi connectivity index (χ4n) is 4.58. The molecule has 156 valence electrons. The molecule has 2 aromatic heterocycles. The lowest BCUT2D eigenvalue weighted by atomic mass is 9.79. The summed E-state index contributed by atoms with van der Waals surface area (Å²) in [5.74, 6) is 3.41. The van der Waals surface area contributed by atoms with E-state index in [1.807, 2.05) is 19.2 Å². The fraction of sp³-hybridized carbons (Fsp3) is 0.571. The maximum atomic E-state index is 11.6. The van der Waals surface area contributed by atoms with Crippen LogP contribution >= 0.6 is 0 Å². The van der Waals surface area contributed by atoms with Gasteiger partial charge in [0.25, 0.3) is 0 Å². The number of sulfone groups is 1. The second-order valence-corrected chi connectivity index (χ2v) is 10.3. The predicted octanol–water partition coefficient (Wildman–Crippen LogP) is 2.72. The van der Waals surface area contributed by atoms with Crippen LogP contribution in [0, 0.1) is 18.8 Å². The Kier molecular flexibility index (Phi) is 5.72. The Bertz CT molecular complexity index is 932. The van der Waals surface area contributed by atoms with E-state index >= 15 is 0 Å². The molecular formula is C21H29N5O2S. The molecule has 0 spiro atoms. The third kappa shape index (κ3) is 4.69. The zero-order chi connectivity index (χ0) is 20.4. The Morgan fingerprint density at radius 3 is 1.93 bits per heavy atom. The van der Waals surface area contributed by atoms with E-state index in [9.17, 15) is 8.42 Å². The van der Waals surface area contributed by atoms with Gasteiger partial charge < -0.3 is 9.80 Å². The molecule has 0 aliphatic carbocycles. The van der Waals surface area contributed by atoms with Crippen LogP contribution in [0.2, 0.25) is 0 Å². The van der Waals surface area contributed by atoms with E-state index in [2.05, 4.69) is 24.8 Å². The molecule has 2 aliphatic heterocycles. The standard InChI is InChI=1S/C21H29N5O2S/c1-16-13-22-15-21(24-16)26-11-7-18(8-12-26)17-5-9-25(10-6-17)20-4-3-19(14-23-20)29(2,27)28/h3-4,13-15,17-18H,5-12H2,1-2H3. The second-order valence-electron chi connectivity index (χ2n) is 8.29. The van der Waals surface area contributed by atoms with Gasteiger partial charge in [-0.1, -0.05) is 0 Å². The van der Waals surface area contributed by atoms with Gasteiger partial charge in [0.1, 0.15) is 11.6 Å². The van der Waals surface area contributed by atoms with E-state index in [-0.39, 0.29) is 4.90 Å². The van der Waals surface area contributed by atoms with Gasteiger partial charge in [-0.3, -0.25) is 4.98 Å². The van der Waals surface area contributed by atoms with Crippen molar-refractivity contribution in [1.29, 1.82) is 0 Å². The van der Waals surface area contributed by atoms with Crippen LogP contribution in [0.3, 0.4) is 0 Å². The van der Waals surface area contributed by atoms with Crippen LogP contribution in [0.5, 0.6) is 0 Å². The molecule has 0 saturated carbocycles. The SMILES string of the molecule is Cc1cncc(N2CCC(C3CCN(c4ccc(S(C)(=O)=O)cn4)CC3)CC2)n1. The molecule has 8 heteroatoms. The van der Waals surface area contributed by atoms with Crippen molar-refractivity contribution in [3.63, 3.8) is 0 Å². The van der Waals surface area contributed by atoms with E-state index < -0.39 is 9.84 Å². The van der Waals surface area contributed by atoms with Crippen LogP contribution in [0.15, 0.2) is 35.6 Å². The van der Waals surface area contributed by atoms with E-state index in [0.717, 1.165) is 55.3 Å². The van der Waals surface area contributed by atoms with E-state index in [4.69, 9.17) is 0 Å². The summed E-state index contributed by atoms with van der Waals surface area (Å²) in [6.07, 6.45) is 11.1. The van der Waals surface area contributed by atoms with Crippen molar-refractivity contribution in [2.24, 2.45) is 11.8 Å². The van der Waals surface area contributed by atoms with Gasteiger partial charge in [0.2, 0.25) is 0 Å². The molecule has 2 aliphatic rings. The van der Waals surface area contributed by atoms with Gasteiger partial charge in [-0.25, -0.2) is 18.4 Å². The highest BCUT2D eigenvalue weighted by molar-refractivity contribution is 7.90. The van der Waals surface area contributed by atoms with Gasteiger partial charge in [-0.15, -0.1) is 0 Å². The predicted molar refractivity (Wildman–Crippen MR) is 114 cm³/mol. The maximum Gasteiger partial charge on any atom is 0.177 e. The van der Waals surface area contributed by atoms with Crippen LogP contribution in [0.4, 0.5) is 11.6 Å². The lowest BCUT2D eigenvalue weighted by molar-refractivity contribution is 0.232. The highest BCUT2D eigenvalue weighted by Crippen LogP contribution is 2.34.